The van der Waals surface area contributed by atoms with E-state index >= 15 is 0 Å². The number of H-pyrrole nitrogens is 1. The zero-order valence-corrected chi connectivity index (χ0v) is 17.6. The van der Waals surface area contributed by atoms with E-state index in [0.29, 0.717) is 5.95 Å². The number of aromatic nitrogens is 3. The van der Waals surface area contributed by atoms with E-state index in [9.17, 15) is 0 Å². The van der Waals surface area contributed by atoms with Gasteiger partial charge >= 0.3 is 0 Å². The van der Waals surface area contributed by atoms with Gasteiger partial charge in [-0.1, -0.05) is 12.1 Å². The predicted molar refractivity (Wildman–Crippen MR) is 124 cm³/mol. The number of morpholine rings is 1. The van der Waals surface area contributed by atoms with Crippen molar-refractivity contribution < 1.29 is 4.74 Å². The first-order valence-corrected chi connectivity index (χ1v) is 10.6. The number of fused-ring (bicyclic) bond motifs is 1. The van der Waals surface area contributed by atoms with E-state index in [-0.39, 0.29) is 0 Å². The summed E-state index contributed by atoms with van der Waals surface area (Å²) < 4.78 is 5.42. The molecule has 2 aromatic carbocycles. The van der Waals surface area contributed by atoms with Crippen LogP contribution in [0.1, 0.15) is 11.1 Å². The number of rotatable bonds is 6. The van der Waals surface area contributed by atoms with Gasteiger partial charge in [-0.3, -0.25) is 4.90 Å². The third-order valence-electron chi connectivity index (χ3n) is 5.51. The summed E-state index contributed by atoms with van der Waals surface area (Å²) >= 11 is 0. The number of aryl methyl sites for hydroxylation is 1. The fourth-order valence-electron chi connectivity index (χ4n) is 3.74. The lowest BCUT2D eigenvalue weighted by atomic mass is 10.2. The van der Waals surface area contributed by atoms with Crippen molar-refractivity contribution in [1.29, 1.82) is 0 Å². The topological polar surface area (TPSA) is 78.1 Å². The second-order valence-corrected chi connectivity index (χ2v) is 7.84. The van der Waals surface area contributed by atoms with Crippen molar-refractivity contribution in [3.63, 3.8) is 0 Å². The molecule has 1 saturated heterocycles. The summed E-state index contributed by atoms with van der Waals surface area (Å²) in [4.78, 5) is 14.8. The quantitative estimate of drug-likeness (QED) is 0.428. The number of hydrogen-bond donors (Lipinski definition) is 3. The van der Waals surface area contributed by atoms with Crippen molar-refractivity contribution in [2.45, 2.75) is 13.5 Å². The lowest BCUT2D eigenvalue weighted by Gasteiger charge is -2.26. The molecule has 0 aliphatic carbocycles. The van der Waals surface area contributed by atoms with Crippen molar-refractivity contribution in [3.05, 3.63) is 72.1 Å². The van der Waals surface area contributed by atoms with Crippen LogP contribution in [0.2, 0.25) is 0 Å². The molecule has 31 heavy (non-hydrogen) atoms. The van der Waals surface area contributed by atoms with Crippen LogP contribution in [0.3, 0.4) is 0 Å². The maximum absolute atomic E-state index is 5.42. The minimum Gasteiger partial charge on any atom is -0.379 e. The van der Waals surface area contributed by atoms with Crippen LogP contribution in [-0.2, 0) is 11.3 Å². The Morgan fingerprint density at radius 3 is 2.65 bits per heavy atom. The Balaban J connectivity index is 1.27. The zero-order valence-electron chi connectivity index (χ0n) is 17.6. The molecule has 0 saturated carbocycles. The van der Waals surface area contributed by atoms with Gasteiger partial charge < -0.3 is 20.4 Å². The minimum atomic E-state index is 0.566. The summed E-state index contributed by atoms with van der Waals surface area (Å²) in [6.07, 6.45) is 3.78. The molecule has 4 aromatic rings. The fraction of sp³-hybridized carbons (Fsp3) is 0.250. The molecule has 1 aliphatic heterocycles. The van der Waals surface area contributed by atoms with E-state index in [2.05, 4.69) is 72.9 Å². The average molecular weight is 415 g/mol. The van der Waals surface area contributed by atoms with Gasteiger partial charge in [0.25, 0.3) is 0 Å². The summed E-state index contributed by atoms with van der Waals surface area (Å²) in [6.45, 7) is 6.57. The molecule has 0 atom stereocenters. The summed E-state index contributed by atoms with van der Waals surface area (Å²) in [5.41, 5.74) is 5.35. The molecule has 5 rings (SSSR count). The molecule has 3 heterocycles. The van der Waals surface area contributed by atoms with Gasteiger partial charge in [-0.25, -0.2) is 4.98 Å². The normalized spacial score (nSPS) is 14.6. The number of benzene rings is 2. The summed E-state index contributed by atoms with van der Waals surface area (Å²) in [5, 5.41) is 7.89. The standard InChI is InChI=1S/C24H26N6O/c1-17-15-26-24(29-23(17)27-21-6-7-22-19(14-21)8-9-25-22)28-20-4-2-18(3-5-20)16-30-10-12-31-13-11-30/h2-9,14-15,25H,10-13,16H2,1H3,(H2,26,27,28,29). The molecular formula is C24H26N6O. The monoisotopic (exact) mass is 414 g/mol. The molecular weight excluding hydrogens is 388 g/mol. The molecule has 7 heteroatoms. The van der Waals surface area contributed by atoms with E-state index in [4.69, 9.17) is 4.74 Å². The van der Waals surface area contributed by atoms with Crippen molar-refractivity contribution in [2.75, 3.05) is 36.9 Å². The van der Waals surface area contributed by atoms with Crippen LogP contribution < -0.4 is 10.6 Å². The summed E-state index contributed by atoms with van der Waals surface area (Å²) in [6, 6.07) is 16.7. The molecule has 0 bridgehead atoms. The van der Waals surface area contributed by atoms with E-state index in [1.165, 1.54) is 5.56 Å². The van der Waals surface area contributed by atoms with Gasteiger partial charge in [0, 0.05) is 59.9 Å². The van der Waals surface area contributed by atoms with Crippen LogP contribution in [0, 0.1) is 6.92 Å². The number of nitrogens with zero attached hydrogens (tertiary/aromatic N) is 3. The van der Waals surface area contributed by atoms with Gasteiger partial charge in [-0.2, -0.15) is 4.98 Å². The van der Waals surface area contributed by atoms with Gasteiger partial charge in [-0.05, 0) is 48.9 Å². The van der Waals surface area contributed by atoms with Crippen molar-refractivity contribution >= 4 is 34.0 Å². The molecule has 2 aromatic heterocycles. The van der Waals surface area contributed by atoms with Gasteiger partial charge in [-0.15, -0.1) is 0 Å². The van der Waals surface area contributed by atoms with Crippen molar-refractivity contribution in [2.24, 2.45) is 0 Å². The lowest BCUT2D eigenvalue weighted by molar-refractivity contribution is 0.0342. The second kappa shape index (κ2) is 8.75. The fourth-order valence-corrected chi connectivity index (χ4v) is 3.74. The summed E-state index contributed by atoms with van der Waals surface area (Å²) in [7, 11) is 0. The Labute approximate surface area is 181 Å². The highest BCUT2D eigenvalue weighted by molar-refractivity contribution is 5.84. The third-order valence-corrected chi connectivity index (χ3v) is 5.51. The lowest BCUT2D eigenvalue weighted by Crippen LogP contribution is -2.35. The number of ether oxygens (including phenoxy) is 1. The molecule has 158 valence electrons. The SMILES string of the molecule is Cc1cnc(Nc2ccc(CN3CCOCC3)cc2)nc1Nc1ccc2[nH]ccc2c1. The third kappa shape index (κ3) is 4.68. The highest BCUT2D eigenvalue weighted by Crippen LogP contribution is 2.24. The van der Waals surface area contributed by atoms with Gasteiger partial charge in [0.05, 0.1) is 13.2 Å². The van der Waals surface area contributed by atoms with E-state index in [1.54, 1.807) is 0 Å². The molecule has 0 spiro atoms. The van der Waals surface area contributed by atoms with Crippen LogP contribution in [0.15, 0.2) is 60.9 Å². The Morgan fingerprint density at radius 1 is 1.00 bits per heavy atom. The van der Waals surface area contributed by atoms with E-state index < -0.39 is 0 Å². The predicted octanol–water partition coefficient (Wildman–Crippen LogP) is 4.59. The zero-order chi connectivity index (χ0) is 21.0. The molecule has 1 fully saturated rings. The van der Waals surface area contributed by atoms with Crippen LogP contribution in [0.4, 0.5) is 23.1 Å². The Kier molecular flexibility index (Phi) is 5.52. The van der Waals surface area contributed by atoms with Gasteiger partial charge in [0.1, 0.15) is 5.82 Å². The Morgan fingerprint density at radius 2 is 1.81 bits per heavy atom. The first-order valence-electron chi connectivity index (χ1n) is 10.6. The Bertz CT molecular complexity index is 1160. The van der Waals surface area contributed by atoms with Crippen LogP contribution in [-0.4, -0.2) is 46.2 Å². The van der Waals surface area contributed by atoms with Crippen LogP contribution in [0.5, 0.6) is 0 Å². The molecule has 0 radical (unpaired) electrons. The van der Waals surface area contributed by atoms with Crippen molar-refractivity contribution in [1.82, 2.24) is 19.9 Å². The maximum atomic E-state index is 5.42. The van der Waals surface area contributed by atoms with E-state index in [0.717, 1.165) is 66.5 Å². The first kappa shape index (κ1) is 19.5. The highest BCUT2D eigenvalue weighted by atomic mass is 16.5. The van der Waals surface area contributed by atoms with Crippen LogP contribution in [0.25, 0.3) is 10.9 Å². The number of nitrogens with one attached hydrogen (secondary N) is 3. The first-order chi connectivity index (χ1) is 15.2. The smallest absolute Gasteiger partial charge is 0.229 e. The minimum absolute atomic E-state index is 0.566. The van der Waals surface area contributed by atoms with Crippen molar-refractivity contribution in [3.8, 4) is 0 Å². The van der Waals surface area contributed by atoms with E-state index in [1.807, 2.05) is 25.4 Å². The number of aromatic amines is 1. The maximum Gasteiger partial charge on any atom is 0.229 e. The van der Waals surface area contributed by atoms with Gasteiger partial charge in [0.2, 0.25) is 5.95 Å². The molecule has 0 unspecified atom stereocenters. The molecule has 0 amide bonds. The summed E-state index contributed by atoms with van der Waals surface area (Å²) in [5.74, 6) is 1.35. The highest BCUT2D eigenvalue weighted by Gasteiger charge is 2.11. The molecule has 7 nitrogen and oxygen atoms in total. The number of anilines is 4. The number of hydrogen-bond acceptors (Lipinski definition) is 6. The van der Waals surface area contributed by atoms with Crippen LogP contribution >= 0.6 is 0 Å². The van der Waals surface area contributed by atoms with Gasteiger partial charge in [0.15, 0.2) is 0 Å². The second-order valence-electron chi connectivity index (χ2n) is 7.84. The molecule has 1 aliphatic rings. The Hall–Kier alpha value is -3.42. The average Bonchev–Trinajstić information content (AvgIpc) is 3.26. The molecule has 3 N–H and O–H groups in total. The largest absolute Gasteiger partial charge is 0.379 e.